The van der Waals surface area contributed by atoms with Gasteiger partial charge in [0.25, 0.3) is 0 Å². The van der Waals surface area contributed by atoms with Crippen LogP contribution in [0.25, 0.3) is 0 Å². The maximum atomic E-state index is 10.6. The number of carbonyl (C=O) groups is 1. The lowest BCUT2D eigenvalue weighted by molar-refractivity contribution is -0.119. The molecule has 0 radical (unpaired) electrons. The van der Waals surface area contributed by atoms with Crippen molar-refractivity contribution in [3.05, 3.63) is 0 Å². The second-order valence-electron chi connectivity index (χ2n) is 3.52. The van der Waals surface area contributed by atoms with Crippen LogP contribution in [0.1, 0.15) is 27.2 Å². The van der Waals surface area contributed by atoms with E-state index in [0.717, 1.165) is 13.1 Å². The van der Waals surface area contributed by atoms with Crippen LogP contribution in [-0.4, -0.2) is 36.0 Å². The predicted octanol–water partition coefficient (Wildman–Crippen LogP) is -0.0806. The maximum Gasteiger partial charge on any atom is 0.234 e. The molecule has 0 aliphatic rings. The van der Waals surface area contributed by atoms with Crippen LogP contribution in [0.15, 0.2) is 0 Å². The van der Waals surface area contributed by atoms with E-state index >= 15 is 0 Å². The number of primary amides is 1. The SMILES string of the molecule is CCN(CCC(N)C(N)=O)C(C)C. The van der Waals surface area contributed by atoms with E-state index in [2.05, 4.69) is 25.7 Å². The van der Waals surface area contributed by atoms with Crippen molar-refractivity contribution < 1.29 is 4.79 Å². The zero-order valence-electron chi connectivity index (χ0n) is 8.79. The average Bonchev–Trinajstić information content (AvgIpc) is 2.04. The molecule has 4 N–H and O–H groups in total. The zero-order valence-corrected chi connectivity index (χ0v) is 8.79. The molecule has 0 aromatic carbocycles. The van der Waals surface area contributed by atoms with Gasteiger partial charge in [-0.15, -0.1) is 0 Å². The minimum atomic E-state index is -0.507. The van der Waals surface area contributed by atoms with Crippen LogP contribution in [-0.2, 0) is 4.79 Å². The molecular formula is C9H21N3O. The van der Waals surface area contributed by atoms with E-state index in [9.17, 15) is 4.79 Å². The quantitative estimate of drug-likeness (QED) is 0.611. The topological polar surface area (TPSA) is 72.3 Å². The van der Waals surface area contributed by atoms with Crippen molar-refractivity contribution in [2.24, 2.45) is 11.5 Å². The summed E-state index contributed by atoms with van der Waals surface area (Å²) in [5.41, 5.74) is 10.6. The fraction of sp³-hybridized carbons (Fsp3) is 0.889. The van der Waals surface area contributed by atoms with E-state index < -0.39 is 11.9 Å². The lowest BCUT2D eigenvalue weighted by Gasteiger charge is -2.25. The monoisotopic (exact) mass is 187 g/mol. The van der Waals surface area contributed by atoms with Crippen LogP contribution in [0.5, 0.6) is 0 Å². The Kier molecular flexibility index (Phi) is 5.66. The first-order valence-corrected chi connectivity index (χ1v) is 4.78. The molecule has 4 heteroatoms. The summed E-state index contributed by atoms with van der Waals surface area (Å²) in [6.45, 7) is 8.15. The molecule has 0 bridgehead atoms. The predicted molar refractivity (Wildman–Crippen MR) is 54.2 cm³/mol. The van der Waals surface area contributed by atoms with Crippen molar-refractivity contribution in [3.63, 3.8) is 0 Å². The fourth-order valence-corrected chi connectivity index (χ4v) is 1.23. The van der Waals surface area contributed by atoms with Gasteiger partial charge < -0.3 is 16.4 Å². The third-order valence-electron chi connectivity index (χ3n) is 2.23. The molecule has 1 atom stereocenters. The molecule has 0 aromatic heterocycles. The smallest absolute Gasteiger partial charge is 0.234 e. The molecule has 0 rings (SSSR count). The van der Waals surface area contributed by atoms with Crippen LogP contribution < -0.4 is 11.5 Å². The molecule has 0 aliphatic heterocycles. The summed E-state index contributed by atoms with van der Waals surface area (Å²) in [5.74, 6) is -0.417. The third-order valence-corrected chi connectivity index (χ3v) is 2.23. The van der Waals surface area contributed by atoms with Crippen LogP contribution in [0.4, 0.5) is 0 Å². The van der Waals surface area contributed by atoms with Gasteiger partial charge in [-0.1, -0.05) is 6.92 Å². The number of hydrogen-bond acceptors (Lipinski definition) is 3. The first-order valence-electron chi connectivity index (χ1n) is 4.78. The van der Waals surface area contributed by atoms with Crippen molar-refractivity contribution in [2.45, 2.75) is 39.3 Å². The molecule has 0 aromatic rings. The minimum absolute atomic E-state index is 0.417. The van der Waals surface area contributed by atoms with Crippen molar-refractivity contribution in [1.82, 2.24) is 4.90 Å². The largest absolute Gasteiger partial charge is 0.368 e. The summed E-state index contributed by atoms with van der Waals surface area (Å²) < 4.78 is 0. The van der Waals surface area contributed by atoms with Gasteiger partial charge in [-0.05, 0) is 26.8 Å². The second-order valence-corrected chi connectivity index (χ2v) is 3.52. The molecule has 78 valence electrons. The molecule has 4 nitrogen and oxygen atoms in total. The minimum Gasteiger partial charge on any atom is -0.368 e. The van der Waals surface area contributed by atoms with Crippen LogP contribution >= 0.6 is 0 Å². The highest BCUT2D eigenvalue weighted by Crippen LogP contribution is 2.00. The van der Waals surface area contributed by atoms with Gasteiger partial charge in [0.15, 0.2) is 0 Å². The lowest BCUT2D eigenvalue weighted by atomic mass is 10.2. The molecule has 0 fully saturated rings. The van der Waals surface area contributed by atoms with Crippen molar-refractivity contribution in [3.8, 4) is 0 Å². The van der Waals surface area contributed by atoms with Gasteiger partial charge in [0.2, 0.25) is 5.91 Å². The Bertz CT molecular complexity index is 159. The van der Waals surface area contributed by atoms with E-state index in [1.54, 1.807) is 0 Å². The number of amides is 1. The Morgan fingerprint density at radius 2 is 2.00 bits per heavy atom. The van der Waals surface area contributed by atoms with E-state index in [1.807, 2.05) is 0 Å². The second kappa shape index (κ2) is 5.94. The average molecular weight is 187 g/mol. The summed E-state index contributed by atoms with van der Waals surface area (Å²) in [4.78, 5) is 12.9. The summed E-state index contributed by atoms with van der Waals surface area (Å²) in [6.07, 6.45) is 0.640. The third kappa shape index (κ3) is 4.85. The molecule has 0 saturated heterocycles. The molecule has 0 heterocycles. The molecule has 0 saturated carbocycles. The van der Waals surface area contributed by atoms with E-state index in [-0.39, 0.29) is 0 Å². The van der Waals surface area contributed by atoms with Crippen molar-refractivity contribution in [2.75, 3.05) is 13.1 Å². The summed E-state index contributed by atoms with van der Waals surface area (Å²) in [5, 5.41) is 0. The van der Waals surface area contributed by atoms with E-state index in [0.29, 0.717) is 12.5 Å². The van der Waals surface area contributed by atoms with Gasteiger partial charge in [-0.3, -0.25) is 4.79 Å². The van der Waals surface area contributed by atoms with Crippen LogP contribution in [0, 0.1) is 0 Å². The van der Waals surface area contributed by atoms with Crippen LogP contribution in [0.2, 0.25) is 0 Å². The van der Waals surface area contributed by atoms with Gasteiger partial charge in [-0.2, -0.15) is 0 Å². The van der Waals surface area contributed by atoms with Crippen molar-refractivity contribution >= 4 is 5.91 Å². The highest BCUT2D eigenvalue weighted by atomic mass is 16.1. The first kappa shape index (κ1) is 12.4. The Morgan fingerprint density at radius 3 is 2.31 bits per heavy atom. The van der Waals surface area contributed by atoms with Gasteiger partial charge in [-0.25, -0.2) is 0 Å². The lowest BCUT2D eigenvalue weighted by Crippen LogP contribution is -2.41. The van der Waals surface area contributed by atoms with Gasteiger partial charge >= 0.3 is 0 Å². The number of carbonyl (C=O) groups excluding carboxylic acids is 1. The Balaban J connectivity index is 3.78. The maximum absolute atomic E-state index is 10.6. The number of rotatable bonds is 6. The molecule has 1 unspecified atom stereocenters. The Labute approximate surface area is 80.3 Å². The van der Waals surface area contributed by atoms with Gasteiger partial charge in [0.1, 0.15) is 0 Å². The van der Waals surface area contributed by atoms with E-state index in [4.69, 9.17) is 11.5 Å². The van der Waals surface area contributed by atoms with E-state index in [1.165, 1.54) is 0 Å². The Hall–Kier alpha value is -0.610. The van der Waals surface area contributed by atoms with Crippen LogP contribution in [0.3, 0.4) is 0 Å². The summed E-state index contributed by atoms with van der Waals surface area (Å²) in [7, 11) is 0. The van der Waals surface area contributed by atoms with Gasteiger partial charge in [0.05, 0.1) is 6.04 Å². The normalized spacial score (nSPS) is 13.7. The summed E-state index contributed by atoms with van der Waals surface area (Å²) in [6, 6.07) is -0.0159. The number of nitrogens with two attached hydrogens (primary N) is 2. The van der Waals surface area contributed by atoms with Crippen molar-refractivity contribution in [1.29, 1.82) is 0 Å². The zero-order chi connectivity index (χ0) is 10.4. The standard InChI is InChI=1S/C9H21N3O/c1-4-12(7(2)3)6-5-8(10)9(11)13/h7-8H,4-6,10H2,1-3H3,(H2,11,13). The molecular weight excluding hydrogens is 166 g/mol. The number of nitrogens with zero attached hydrogens (tertiary/aromatic N) is 1. The number of hydrogen-bond donors (Lipinski definition) is 2. The molecule has 13 heavy (non-hydrogen) atoms. The molecule has 1 amide bonds. The molecule has 0 spiro atoms. The summed E-state index contributed by atoms with van der Waals surface area (Å²) >= 11 is 0. The Morgan fingerprint density at radius 1 is 1.46 bits per heavy atom. The fourth-order valence-electron chi connectivity index (χ4n) is 1.23. The van der Waals surface area contributed by atoms with Gasteiger partial charge in [0, 0.05) is 12.6 Å². The highest BCUT2D eigenvalue weighted by Gasteiger charge is 2.12. The first-order chi connectivity index (χ1) is 5.99. The molecule has 0 aliphatic carbocycles. The highest BCUT2D eigenvalue weighted by molar-refractivity contribution is 5.79.